The molecule has 1 amide bonds. The van der Waals surface area contributed by atoms with Crippen LogP contribution in [0.25, 0.3) is 0 Å². The second kappa shape index (κ2) is 8.43. The van der Waals surface area contributed by atoms with Crippen LogP contribution in [0, 0.1) is 10.1 Å². The number of carbonyl (C=O) groups excluding carboxylic acids is 1. The van der Waals surface area contributed by atoms with E-state index in [1.54, 1.807) is 17.0 Å². The van der Waals surface area contributed by atoms with Gasteiger partial charge in [0, 0.05) is 11.8 Å². The van der Waals surface area contributed by atoms with E-state index in [-0.39, 0.29) is 24.0 Å². The van der Waals surface area contributed by atoms with Gasteiger partial charge in [-0.25, -0.2) is 0 Å². The molecule has 0 spiro atoms. The zero-order valence-corrected chi connectivity index (χ0v) is 16.5. The fraction of sp³-hybridized carbons (Fsp3) is 0.300. The lowest BCUT2D eigenvalue weighted by molar-refractivity contribution is -0.385. The number of amidine groups is 1. The van der Waals surface area contributed by atoms with Gasteiger partial charge in [0.05, 0.1) is 17.0 Å². The third-order valence-corrected chi connectivity index (χ3v) is 5.67. The molecule has 0 unspecified atom stereocenters. The summed E-state index contributed by atoms with van der Waals surface area (Å²) in [5.74, 6) is 0.519. The molecule has 1 saturated heterocycles. The predicted octanol–water partition coefficient (Wildman–Crippen LogP) is 3.88. The van der Waals surface area contributed by atoms with Crippen LogP contribution in [-0.2, 0) is 11.3 Å². The summed E-state index contributed by atoms with van der Waals surface area (Å²) in [5, 5.41) is 11.7. The van der Waals surface area contributed by atoms with Gasteiger partial charge in [-0.05, 0) is 25.5 Å². The number of benzene rings is 2. The minimum atomic E-state index is -0.526. The molecule has 0 atom stereocenters. The number of hydrogen-bond acceptors (Lipinski definition) is 6. The van der Waals surface area contributed by atoms with Gasteiger partial charge in [0.1, 0.15) is 0 Å². The monoisotopic (exact) mass is 399 g/mol. The van der Waals surface area contributed by atoms with Crippen molar-refractivity contribution in [1.82, 2.24) is 4.90 Å². The number of nitrogens with zero attached hydrogens (tertiary/aromatic N) is 3. The molecule has 1 aliphatic heterocycles. The summed E-state index contributed by atoms with van der Waals surface area (Å²) in [6.45, 7) is 4.12. The number of thioether (sulfide) groups is 1. The van der Waals surface area contributed by atoms with Crippen molar-refractivity contribution in [3.8, 4) is 5.75 Å². The Morgan fingerprint density at radius 1 is 1.21 bits per heavy atom. The molecule has 7 nitrogen and oxygen atoms in total. The number of aliphatic imine (C=N–C) groups is 1. The Morgan fingerprint density at radius 2 is 1.89 bits per heavy atom. The van der Waals surface area contributed by atoms with Crippen LogP contribution < -0.4 is 4.74 Å². The topological polar surface area (TPSA) is 85.0 Å². The van der Waals surface area contributed by atoms with Gasteiger partial charge in [-0.15, -0.1) is 0 Å². The van der Waals surface area contributed by atoms with Crippen LogP contribution in [0.15, 0.2) is 59.6 Å². The fourth-order valence-corrected chi connectivity index (χ4v) is 4.11. The van der Waals surface area contributed by atoms with Gasteiger partial charge >= 0.3 is 5.69 Å². The van der Waals surface area contributed by atoms with Crippen LogP contribution in [0.5, 0.6) is 5.75 Å². The highest BCUT2D eigenvalue weighted by Gasteiger charge is 2.41. The number of amides is 1. The summed E-state index contributed by atoms with van der Waals surface area (Å²) < 4.78 is 5.48. The summed E-state index contributed by atoms with van der Waals surface area (Å²) in [6.07, 6.45) is 0. The molecule has 1 fully saturated rings. The van der Waals surface area contributed by atoms with Gasteiger partial charge in [-0.2, -0.15) is 0 Å². The van der Waals surface area contributed by atoms with E-state index in [9.17, 15) is 14.9 Å². The van der Waals surface area contributed by atoms with Crippen LogP contribution in [0.1, 0.15) is 19.4 Å². The maximum Gasteiger partial charge on any atom is 0.310 e. The Bertz CT molecular complexity index is 899. The molecule has 0 bridgehead atoms. The maximum absolute atomic E-state index is 12.9. The van der Waals surface area contributed by atoms with Crippen molar-refractivity contribution >= 4 is 28.5 Å². The van der Waals surface area contributed by atoms with Crippen molar-refractivity contribution in [2.75, 3.05) is 12.4 Å². The lowest BCUT2D eigenvalue weighted by atomic mass is 10.1. The molecule has 0 N–H and O–H groups in total. The number of nitro groups is 1. The van der Waals surface area contributed by atoms with Crippen molar-refractivity contribution in [1.29, 1.82) is 0 Å². The fourth-order valence-electron chi connectivity index (χ4n) is 2.87. The Kier molecular flexibility index (Phi) is 5.99. The van der Waals surface area contributed by atoms with Crippen molar-refractivity contribution in [3.05, 3.63) is 70.3 Å². The third kappa shape index (κ3) is 4.51. The second-order valence-electron chi connectivity index (χ2n) is 6.93. The first-order chi connectivity index (χ1) is 13.4. The van der Waals surface area contributed by atoms with E-state index >= 15 is 0 Å². The van der Waals surface area contributed by atoms with Crippen molar-refractivity contribution in [3.63, 3.8) is 0 Å². The number of hydrogen-bond donors (Lipinski definition) is 0. The first-order valence-corrected chi connectivity index (χ1v) is 9.77. The number of para-hydroxylation sites is 2. The van der Waals surface area contributed by atoms with Gasteiger partial charge in [-0.1, -0.05) is 54.2 Å². The van der Waals surface area contributed by atoms with Crippen molar-refractivity contribution < 1.29 is 14.5 Å². The molecule has 1 aliphatic rings. The lowest BCUT2D eigenvalue weighted by Gasteiger charge is -2.30. The summed E-state index contributed by atoms with van der Waals surface area (Å²) in [6, 6.07) is 15.8. The largest absolute Gasteiger partial charge is 0.477 e. The zero-order chi connectivity index (χ0) is 20.1. The minimum Gasteiger partial charge on any atom is -0.477 e. The second-order valence-corrected chi connectivity index (χ2v) is 7.87. The minimum absolute atomic E-state index is 0.0771. The van der Waals surface area contributed by atoms with Crippen LogP contribution in [0.3, 0.4) is 0 Å². The average molecular weight is 399 g/mol. The number of rotatable bonds is 6. The van der Waals surface area contributed by atoms with Crippen LogP contribution in [0.2, 0.25) is 0 Å². The number of carbonyl (C=O) groups is 1. The summed E-state index contributed by atoms with van der Waals surface area (Å²) >= 11 is 1.53. The molecule has 3 rings (SSSR count). The third-order valence-electron chi connectivity index (χ3n) is 4.25. The molecule has 2 aromatic carbocycles. The van der Waals surface area contributed by atoms with Crippen LogP contribution in [0.4, 0.5) is 5.69 Å². The van der Waals surface area contributed by atoms with E-state index in [0.717, 1.165) is 11.3 Å². The first kappa shape index (κ1) is 19.9. The van der Waals surface area contributed by atoms with E-state index in [2.05, 4.69) is 4.99 Å². The summed E-state index contributed by atoms with van der Waals surface area (Å²) in [7, 11) is 0. The number of ether oxygens (including phenoxy) is 1. The molecular weight excluding hydrogens is 378 g/mol. The highest BCUT2D eigenvalue weighted by molar-refractivity contribution is 8.14. The first-order valence-electron chi connectivity index (χ1n) is 8.79. The normalized spacial score (nSPS) is 16.9. The van der Waals surface area contributed by atoms with Gasteiger partial charge in [0.15, 0.2) is 17.5 Å². The molecule has 28 heavy (non-hydrogen) atoms. The number of nitro benzene ring substituents is 1. The Labute approximate surface area is 167 Å². The highest BCUT2D eigenvalue weighted by Crippen LogP contribution is 2.33. The Balaban J connectivity index is 1.73. The predicted molar refractivity (Wildman–Crippen MR) is 110 cm³/mol. The van der Waals surface area contributed by atoms with Crippen LogP contribution >= 0.6 is 11.8 Å². The van der Waals surface area contributed by atoms with E-state index < -0.39 is 10.5 Å². The molecule has 0 saturated carbocycles. The van der Waals surface area contributed by atoms with Gasteiger partial charge in [0.2, 0.25) is 0 Å². The van der Waals surface area contributed by atoms with Gasteiger partial charge in [0.25, 0.3) is 5.91 Å². The zero-order valence-electron chi connectivity index (χ0n) is 15.7. The molecule has 0 radical (unpaired) electrons. The Hall–Kier alpha value is -2.87. The lowest BCUT2D eigenvalue weighted by Crippen LogP contribution is -2.48. The summed E-state index contributed by atoms with van der Waals surface area (Å²) in [4.78, 5) is 29.7. The standard InChI is InChI=1S/C20H21N3O4S/c1-20(2)14-28-19(21-12-15-8-4-3-5-9-15)22(20)18(24)13-27-17-11-7-6-10-16(17)23(25)26/h3-11H,12-14H2,1-2H3. The van der Waals surface area contributed by atoms with Gasteiger partial charge < -0.3 is 4.74 Å². The van der Waals surface area contributed by atoms with Gasteiger partial charge in [-0.3, -0.25) is 24.8 Å². The van der Waals surface area contributed by atoms with E-state index in [1.807, 2.05) is 44.2 Å². The van der Waals surface area contributed by atoms with E-state index in [1.165, 1.54) is 23.9 Å². The average Bonchev–Trinajstić information content (AvgIpc) is 2.99. The molecule has 146 valence electrons. The molecule has 8 heteroatoms. The molecule has 1 heterocycles. The molecule has 0 aromatic heterocycles. The van der Waals surface area contributed by atoms with E-state index in [4.69, 9.17) is 4.74 Å². The Morgan fingerprint density at radius 3 is 2.61 bits per heavy atom. The molecular formula is C20H21N3O4S. The summed E-state index contributed by atoms with van der Waals surface area (Å²) in [5.41, 5.74) is 0.482. The van der Waals surface area contributed by atoms with Crippen molar-refractivity contribution in [2.45, 2.75) is 25.9 Å². The maximum atomic E-state index is 12.9. The molecule has 0 aliphatic carbocycles. The van der Waals surface area contributed by atoms with E-state index in [0.29, 0.717) is 11.7 Å². The smallest absolute Gasteiger partial charge is 0.310 e. The van der Waals surface area contributed by atoms with Crippen molar-refractivity contribution in [2.24, 2.45) is 4.99 Å². The molecule has 2 aromatic rings. The quantitative estimate of drug-likeness (QED) is 0.543. The SMILES string of the molecule is CC1(C)CSC(=NCc2ccccc2)N1C(=O)COc1ccccc1[N+](=O)[O-]. The highest BCUT2D eigenvalue weighted by atomic mass is 32.2. The van der Waals surface area contributed by atoms with Crippen LogP contribution in [-0.4, -0.2) is 38.8 Å².